The number of piperazine rings is 1. The number of rotatable bonds is 5. The van der Waals surface area contributed by atoms with Crippen molar-refractivity contribution in [3.8, 4) is 11.3 Å². The highest BCUT2D eigenvalue weighted by Crippen LogP contribution is 2.32. The Kier molecular flexibility index (Phi) is 6.34. The quantitative estimate of drug-likeness (QED) is 0.498. The molecule has 0 radical (unpaired) electrons. The number of ether oxygens (including phenoxy) is 1. The fourth-order valence-corrected chi connectivity index (χ4v) is 5.50. The molecule has 0 amide bonds. The van der Waals surface area contributed by atoms with Crippen LogP contribution < -0.4 is 10.6 Å². The summed E-state index contributed by atoms with van der Waals surface area (Å²) in [4.78, 5) is 17.6. The van der Waals surface area contributed by atoms with Gasteiger partial charge < -0.3 is 15.4 Å². The average Bonchev–Trinajstić information content (AvgIpc) is 3.25. The van der Waals surface area contributed by atoms with Gasteiger partial charge in [0.05, 0.1) is 18.9 Å². The molecular formula is C21H28ClN9O2S. The zero-order chi connectivity index (χ0) is 23.9. The number of nitrogens with zero attached hydrogens (tertiary/aromatic N) is 8. The number of anilines is 2. The van der Waals surface area contributed by atoms with E-state index in [-0.39, 0.29) is 5.95 Å². The van der Waals surface area contributed by atoms with Gasteiger partial charge in [0.15, 0.2) is 11.0 Å². The smallest absolute Gasteiger partial charge is 0.219 e. The molecule has 34 heavy (non-hydrogen) atoms. The van der Waals surface area contributed by atoms with E-state index in [0.29, 0.717) is 36.2 Å². The van der Waals surface area contributed by atoms with Crippen LogP contribution in [0.25, 0.3) is 16.8 Å². The van der Waals surface area contributed by atoms with E-state index < -0.39 is 9.71 Å². The third-order valence-electron chi connectivity index (χ3n) is 6.11. The molecule has 0 bridgehead atoms. The summed E-state index contributed by atoms with van der Waals surface area (Å²) in [6.07, 6.45) is 4.92. The Labute approximate surface area is 203 Å². The van der Waals surface area contributed by atoms with Crippen molar-refractivity contribution in [1.29, 1.82) is 0 Å². The number of morpholine rings is 1. The number of hydrogen-bond donors (Lipinski definition) is 1. The van der Waals surface area contributed by atoms with E-state index in [1.54, 1.807) is 23.2 Å². The van der Waals surface area contributed by atoms with Gasteiger partial charge >= 0.3 is 0 Å². The number of nitrogen functional groups attached to an aromatic ring is 1. The van der Waals surface area contributed by atoms with Gasteiger partial charge in [0.2, 0.25) is 5.95 Å². The van der Waals surface area contributed by atoms with Crippen LogP contribution in [0.1, 0.15) is 5.69 Å². The van der Waals surface area contributed by atoms with Crippen LogP contribution in [0.4, 0.5) is 11.8 Å². The van der Waals surface area contributed by atoms with Crippen molar-refractivity contribution in [2.24, 2.45) is 0 Å². The molecule has 1 unspecified atom stereocenters. The van der Waals surface area contributed by atoms with Gasteiger partial charge in [-0.05, 0) is 11.9 Å². The summed E-state index contributed by atoms with van der Waals surface area (Å²) < 4.78 is 21.5. The van der Waals surface area contributed by atoms with E-state index in [1.165, 1.54) is 0 Å². The van der Waals surface area contributed by atoms with Crippen molar-refractivity contribution in [2.75, 3.05) is 69.4 Å². The second-order valence-corrected chi connectivity index (χ2v) is 11.4. The van der Waals surface area contributed by atoms with Crippen molar-refractivity contribution in [3.05, 3.63) is 29.3 Å². The molecule has 3 aromatic heterocycles. The molecule has 13 heteroatoms. The molecule has 5 heterocycles. The summed E-state index contributed by atoms with van der Waals surface area (Å²) in [6, 6.07) is 2.05. The first-order valence-electron chi connectivity index (χ1n) is 11.1. The highest BCUT2D eigenvalue weighted by molar-refractivity contribution is 7.97. The maximum Gasteiger partial charge on any atom is 0.219 e. The number of halogens is 1. The van der Waals surface area contributed by atoms with Gasteiger partial charge in [-0.1, -0.05) is 11.6 Å². The van der Waals surface area contributed by atoms with Crippen molar-refractivity contribution >= 4 is 44.5 Å². The minimum atomic E-state index is -2.17. The van der Waals surface area contributed by atoms with E-state index in [2.05, 4.69) is 25.6 Å². The molecule has 0 aromatic carbocycles. The van der Waals surface area contributed by atoms with Crippen LogP contribution in [0, 0.1) is 0 Å². The van der Waals surface area contributed by atoms with Gasteiger partial charge in [-0.2, -0.15) is 5.10 Å². The molecular weight excluding hydrogens is 478 g/mol. The maximum atomic E-state index is 12.2. The zero-order valence-electron chi connectivity index (χ0n) is 19.1. The van der Waals surface area contributed by atoms with E-state index in [0.717, 1.165) is 56.3 Å². The van der Waals surface area contributed by atoms with E-state index in [1.807, 2.05) is 10.4 Å². The fourth-order valence-electron chi connectivity index (χ4n) is 4.28. The molecule has 182 valence electrons. The molecule has 3 aromatic rings. The topological polar surface area (TPSA) is 118 Å². The summed E-state index contributed by atoms with van der Waals surface area (Å²) >= 11 is 6.80. The monoisotopic (exact) mass is 505 g/mol. The van der Waals surface area contributed by atoms with Crippen LogP contribution in [0.15, 0.2) is 18.5 Å². The maximum absolute atomic E-state index is 12.2. The van der Waals surface area contributed by atoms with Crippen LogP contribution in [-0.2, 0) is 21.0 Å². The summed E-state index contributed by atoms with van der Waals surface area (Å²) in [5.74, 6) is 4.79. The highest BCUT2D eigenvalue weighted by atomic mass is 35.5. The normalized spacial score (nSPS) is 20.0. The summed E-state index contributed by atoms with van der Waals surface area (Å²) in [7, 11) is -2.17. The van der Waals surface area contributed by atoms with Crippen LogP contribution in [0.5, 0.6) is 0 Å². The predicted molar refractivity (Wildman–Crippen MR) is 135 cm³/mol. The highest BCUT2D eigenvalue weighted by Gasteiger charge is 2.25. The Morgan fingerprint density at radius 1 is 1.15 bits per heavy atom. The van der Waals surface area contributed by atoms with Crippen molar-refractivity contribution in [1.82, 2.24) is 33.8 Å². The Hall–Kier alpha value is -2.51. The Bertz CT molecular complexity index is 1280. The minimum absolute atomic E-state index is 0.188. The van der Waals surface area contributed by atoms with Crippen molar-refractivity contribution < 1.29 is 8.95 Å². The third kappa shape index (κ3) is 4.68. The molecule has 0 saturated carbocycles. The molecule has 2 N–H and O–H groups in total. The van der Waals surface area contributed by atoms with Gasteiger partial charge in [0.25, 0.3) is 0 Å². The fraction of sp³-hybridized carbons (Fsp3) is 0.476. The van der Waals surface area contributed by atoms with Crippen LogP contribution >= 0.6 is 11.6 Å². The number of fused-ring (bicyclic) bond motifs is 1. The van der Waals surface area contributed by atoms with Gasteiger partial charge in [-0.25, -0.2) is 23.8 Å². The first-order valence-corrected chi connectivity index (χ1v) is 13.5. The van der Waals surface area contributed by atoms with Gasteiger partial charge in [-0.3, -0.25) is 9.11 Å². The van der Waals surface area contributed by atoms with E-state index >= 15 is 0 Å². The molecule has 11 nitrogen and oxygen atoms in total. The number of hydrogen-bond acceptors (Lipinski definition) is 9. The minimum Gasteiger partial charge on any atom is -0.378 e. The zero-order valence-corrected chi connectivity index (χ0v) is 20.6. The Balaban J connectivity index is 1.49. The largest absolute Gasteiger partial charge is 0.378 e. The summed E-state index contributed by atoms with van der Waals surface area (Å²) in [6.45, 7) is 6.41. The summed E-state index contributed by atoms with van der Waals surface area (Å²) in [5, 5.41) is 5.22. The Morgan fingerprint density at radius 2 is 1.82 bits per heavy atom. The van der Waals surface area contributed by atoms with E-state index in [4.69, 9.17) is 32.2 Å². The molecule has 2 saturated heterocycles. The van der Waals surface area contributed by atoms with Gasteiger partial charge in [0, 0.05) is 79.7 Å². The second kappa shape index (κ2) is 9.27. The van der Waals surface area contributed by atoms with Crippen molar-refractivity contribution in [2.45, 2.75) is 6.54 Å². The average molecular weight is 506 g/mol. The van der Waals surface area contributed by atoms with Gasteiger partial charge in [0.1, 0.15) is 11.2 Å². The molecule has 5 rings (SSSR count). The lowest BCUT2D eigenvalue weighted by atomic mass is 10.2. The number of nitrogens with two attached hydrogens (primary N) is 1. The molecule has 1 atom stereocenters. The second-order valence-electron chi connectivity index (χ2n) is 8.60. The summed E-state index contributed by atoms with van der Waals surface area (Å²) in [5.41, 5.74) is 8.61. The molecule has 0 aliphatic carbocycles. The lowest BCUT2D eigenvalue weighted by molar-refractivity contribution is 0.122. The SMILES string of the molecule is C=S(C)(=O)N1CCN(Cc2cc3c(N4CCOCC4)nc(-c4cnc(N)nc4)c(Cl)n3n2)CC1. The van der Waals surface area contributed by atoms with Crippen molar-refractivity contribution in [3.63, 3.8) is 0 Å². The molecule has 0 spiro atoms. The molecule has 2 aliphatic rings. The Morgan fingerprint density at radius 3 is 2.47 bits per heavy atom. The first kappa shape index (κ1) is 23.2. The number of aromatic nitrogens is 5. The van der Waals surface area contributed by atoms with Crippen LogP contribution in [-0.4, -0.2) is 103 Å². The molecule has 2 aliphatic heterocycles. The predicted octanol–water partition coefficient (Wildman–Crippen LogP) is 0.637. The van der Waals surface area contributed by atoms with E-state index in [9.17, 15) is 4.21 Å². The standard InChI is InChI=1S/C21H28ClN9O2S/c1-34(2,32)30-5-3-28(4-6-30)14-16-11-17-20(29-7-9-33-10-8-29)26-18(19(22)31(17)27-16)15-12-24-21(23)25-13-15/h11-13H,1,3-10,14H2,2H3,(H2,23,24,25). The van der Waals surface area contributed by atoms with Crippen LogP contribution in [0.3, 0.4) is 0 Å². The van der Waals surface area contributed by atoms with Gasteiger partial charge in [-0.15, -0.1) is 0 Å². The first-order chi connectivity index (χ1) is 16.3. The third-order valence-corrected chi connectivity index (χ3v) is 7.90. The van der Waals surface area contributed by atoms with Crippen LogP contribution in [0.2, 0.25) is 5.15 Å². The lowest BCUT2D eigenvalue weighted by Gasteiger charge is -2.34. The molecule has 2 fully saturated rings. The lowest BCUT2D eigenvalue weighted by Crippen LogP contribution is -2.47.